The number of hydrogen-bond donors (Lipinski definition) is 2. The predicted octanol–water partition coefficient (Wildman–Crippen LogP) is 1.68. The molecule has 0 aromatic carbocycles. The quantitative estimate of drug-likeness (QED) is 0.558. The van der Waals surface area contributed by atoms with E-state index in [1.807, 2.05) is 0 Å². The number of thiocarbonyl (C=S) groups is 1. The average molecular weight is 282 g/mol. The van der Waals surface area contributed by atoms with E-state index in [4.69, 9.17) is 22.7 Å². The van der Waals surface area contributed by atoms with Crippen molar-refractivity contribution in [2.24, 2.45) is 5.73 Å². The summed E-state index contributed by atoms with van der Waals surface area (Å²) in [7, 11) is 1.69. The van der Waals surface area contributed by atoms with Crippen molar-refractivity contribution < 1.29 is 4.74 Å². The van der Waals surface area contributed by atoms with Crippen LogP contribution in [0.5, 0.6) is 0 Å². The van der Waals surface area contributed by atoms with Crippen LogP contribution in [0.3, 0.4) is 0 Å². The number of nitrogens with zero attached hydrogens (tertiary/aromatic N) is 2. The Kier molecular flexibility index (Phi) is 6.66. The molecule has 0 aliphatic rings. The van der Waals surface area contributed by atoms with Crippen molar-refractivity contribution in [3.8, 4) is 0 Å². The van der Waals surface area contributed by atoms with E-state index in [2.05, 4.69) is 29.4 Å². The lowest BCUT2D eigenvalue weighted by atomic mass is 10.0. The lowest BCUT2D eigenvalue weighted by molar-refractivity contribution is 0.197. The van der Waals surface area contributed by atoms with Gasteiger partial charge in [0.05, 0.1) is 11.3 Å². The Morgan fingerprint density at radius 3 is 2.58 bits per heavy atom. The molecule has 0 spiro atoms. The first-order valence-electron chi connectivity index (χ1n) is 6.56. The number of anilines is 1. The van der Waals surface area contributed by atoms with Crippen LogP contribution in [0.4, 0.5) is 5.82 Å². The summed E-state index contributed by atoms with van der Waals surface area (Å²) in [5.41, 5.74) is 8.74. The van der Waals surface area contributed by atoms with Crippen LogP contribution in [0.2, 0.25) is 0 Å². The first-order chi connectivity index (χ1) is 9.15. The smallest absolute Gasteiger partial charge is 0.159 e. The maximum absolute atomic E-state index is 5.84. The first-order valence-corrected chi connectivity index (χ1v) is 6.97. The number of methoxy groups -OCH3 is 1. The summed E-state index contributed by atoms with van der Waals surface area (Å²) >= 11 is 5.16. The number of nitrogens with one attached hydrogen (secondary N) is 1. The van der Waals surface area contributed by atoms with E-state index < -0.39 is 0 Å². The molecule has 0 saturated carbocycles. The zero-order valence-electron chi connectivity index (χ0n) is 11.8. The van der Waals surface area contributed by atoms with Gasteiger partial charge in [-0.25, -0.2) is 0 Å². The van der Waals surface area contributed by atoms with Gasteiger partial charge in [0.2, 0.25) is 0 Å². The predicted molar refractivity (Wildman–Crippen MR) is 81.7 cm³/mol. The van der Waals surface area contributed by atoms with Crippen molar-refractivity contribution >= 4 is 23.0 Å². The molecular weight excluding hydrogens is 260 g/mol. The van der Waals surface area contributed by atoms with Gasteiger partial charge in [-0.2, -0.15) is 5.10 Å². The topological polar surface area (TPSA) is 73.1 Å². The highest BCUT2D eigenvalue weighted by molar-refractivity contribution is 7.80. The standard InChI is InChI=1S/C13H22N4OS/c1-4-9-10(5-2)16-17-13(11(9)12(14)19)15-7-6-8-18-3/h4-8H2,1-3H3,(H2,14,19)(H,15,17). The van der Waals surface area contributed by atoms with Crippen molar-refractivity contribution in [2.75, 3.05) is 25.6 Å². The molecule has 0 saturated heterocycles. The Morgan fingerprint density at radius 1 is 1.32 bits per heavy atom. The van der Waals surface area contributed by atoms with Crippen LogP contribution >= 0.6 is 12.2 Å². The monoisotopic (exact) mass is 282 g/mol. The van der Waals surface area contributed by atoms with Gasteiger partial charge in [-0.1, -0.05) is 26.1 Å². The van der Waals surface area contributed by atoms with Gasteiger partial charge in [0.1, 0.15) is 4.99 Å². The highest BCUT2D eigenvalue weighted by atomic mass is 32.1. The van der Waals surface area contributed by atoms with Gasteiger partial charge >= 0.3 is 0 Å². The molecule has 106 valence electrons. The molecule has 0 radical (unpaired) electrons. The second-order valence-electron chi connectivity index (χ2n) is 4.19. The van der Waals surface area contributed by atoms with Crippen molar-refractivity contribution in [3.63, 3.8) is 0 Å². The first kappa shape index (κ1) is 15.8. The number of aryl methyl sites for hydroxylation is 1. The van der Waals surface area contributed by atoms with E-state index >= 15 is 0 Å². The van der Waals surface area contributed by atoms with E-state index in [1.165, 1.54) is 0 Å². The summed E-state index contributed by atoms with van der Waals surface area (Å²) in [5.74, 6) is 0.678. The summed E-state index contributed by atoms with van der Waals surface area (Å²) in [6.45, 7) is 5.59. The number of nitrogens with two attached hydrogens (primary N) is 1. The van der Waals surface area contributed by atoms with Crippen molar-refractivity contribution in [3.05, 3.63) is 16.8 Å². The van der Waals surface area contributed by atoms with Gasteiger partial charge in [-0.3, -0.25) is 0 Å². The van der Waals surface area contributed by atoms with Crippen molar-refractivity contribution in [1.82, 2.24) is 10.2 Å². The molecule has 1 heterocycles. The van der Waals surface area contributed by atoms with E-state index in [-0.39, 0.29) is 0 Å². The molecule has 0 aliphatic heterocycles. The van der Waals surface area contributed by atoms with Gasteiger partial charge in [0, 0.05) is 20.3 Å². The lowest BCUT2D eigenvalue weighted by Gasteiger charge is -2.15. The van der Waals surface area contributed by atoms with Crippen molar-refractivity contribution in [2.45, 2.75) is 33.1 Å². The van der Waals surface area contributed by atoms with Crippen LogP contribution in [0.25, 0.3) is 0 Å². The highest BCUT2D eigenvalue weighted by Gasteiger charge is 2.16. The third-order valence-electron chi connectivity index (χ3n) is 2.91. The third kappa shape index (κ3) is 4.11. The number of aromatic nitrogens is 2. The minimum Gasteiger partial charge on any atom is -0.389 e. The Balaban J connectivity index is 3.00. The lowest BCUT2D eigenvalue weighted by Crippen LogP contribution is -2.20. The number of ether oxygens (including phenoxy) is 1. The molecule has 0 unspecified atom stereocenters. The maximum Gasteiger partial charge on any atom is 0.159 e. The zero-order chi connectivity index (χ0) is 14.3. The minimum absolute atomic E-state index is 0.371. The van der Waals surface area contributed by atoms with Crippen LogP contribution in [-0.2, 0) is 17.6 Å². The molecule has 0 bridgehead atoms. The molecule has 3 N–H and O–H groups in total. The summed E-state index contributed by atoms with van der Waals surface area (Å²) in [5, 5.41) is 11.7. The summed E-state index contributed by atoms with van der Waals surface area (Å²) in [4.78, 5) is 0.371. The summed E-state index contributed by atoms with van der Waals surface area (Å²) in [6, 6.07) is 0. The van der Waals surface area contributed by atoms with Crippen LogP contribution in [-0.4, -0.2) is 35.4 Å². The third-order valence-corrected chi connectivity index (χ3v) is 3.11. The van der Waals surface area contributed by atoms with Gasteiger partial charge in [-0.15, -0.1) is 5.10 Å². The summed E-state index contributed by atoms with van der Waals surface area (Å²) in [6.07, 6.45) is 2.57. The fraction of sp³-hybridized carbons (Fsp3) is 0.615. The second kappa shape index (κ2) is 8.01. The molecule has 1 rings (SSSR count). The molecule has 6 heteroatoms. The van der Waals surface area contributed by atoms with Gasteiger partial charge in [0.25, 0.3) is 0 Å². The molecule has 1 aromatic rings. The Bertz CT molecular complexity index is 437. The minimum atomic E-state index is 0.371. The average Bonchev–Trinajstić information content (AvgIpc) is 2.42. The molecular formula is C13H22N4OS. The molecule has 0 fully saturated rings. The van der Waals surface area contributed by atoms with Crippen LogP contribution in [0.15, 0.2) is 0 Å². The number of rotatable bonds is 8. The van der Waals surface area contributed by atoms with Crippen LogP contribution in [0.1, 0.15) is 37.1 Å². The molecule has 0 aliphatic carbocycles. The molecule has 19 heavy (non-hydrogen) atoms. The molecule has 5 nitrogen and oxygen atoms in total. The van der Waals surface area contributed by atoms with Gasteiger partial charge in [0.15, 0.2) is 5.82 Å². The van der Waals surface area contributed by atoms with E-state index in [1.54, 1.807) is 7.11 Å². The van der Waals surface area contributed by atoms with E-state index in [9.17, 15) is 0 Å². The normalized spacial score (nSPS) is 10.5. The summed E-state index contributed by atoms with van der Waals surface area (Å²) < 4.78 is 5.01. The molecule has 0 atom stereocenters. The molecule has 0 amide bonds. The van der Waals surface area contributed by atoms with Gasteiger partial charge < -0.3 is 15.8 Å². The molecule has 1 aromatic heterocycles. The second-order valence-corrected chi connectivity index (χ2v) is 4.63. The van der Waals surface area contributed by atoms with E-state index in [0.29, 0.717) is 17.4 Å². The highest BCUT2D eigenvalue weighted by Crippen LogP contribution is 2.20. The van der Waals surface area contributed by atoms with Crippen molar-refractivity contribution in [1.29, 1.82) is 0 Å². The Labute approximate surface area is 119 Å². The maximum atomic E-state index is 5.84. The Hall–Kier alpha value is -1.27. The Morgan fingerprint density at radius 2 is 2.05 bits per heavy atom. The van der Waals surface area contributed by atoms with Crippen LogP contribution in [0, 0.1) is 0 Å². The fourth-order valence-corrected chi connectivity index (χ4v) is 2.21. The van der Waals surface area contributed by atoms with E-state index in [0.717, 1.165) is 42.6 Å². The van der Waals surface area contributed by atoms with Crippen LogP contribution < -0.4 is 11.1 Å². The SMILES string of the molecule is CCc1nnc(NCCCOC)c(C(N)=S)c1CC. The number of hydrogen-bond acceptors (Lipinski definition) is 5. The van der Waals surface area contributed by atoms with Gasteiger partial charge in [-0.05, 0) is 24.8 Å². The largest absolute Gasteiger partial charge is 0.389 e. The zero-order valence-corrected chi connectivity index (χ0v) is 12.6. The fourth-order valence-electron chi connectivity index (χ4n) is 1.99.